The Hall–Kier alpha value is -2.99. The molecule has 0 radical (unpaired) electrons. The first-order valence-electron chi connectivity index (χ1n) is 7.63. The number of sulfonamides is 1. The van der Waals surface area contributed by atoms with Crippen molar-refractivity contribution in [3.05, 3.63) is 84.4 Å². The predicted molar refractivity (Wildman–Crippen MR) is 104 cm³/mol. The Balaban J connectivity index is 0.000000269. The molecule has 0 bridgehead atoms. The SMILES string of the molecule is Cc1ccccc1.Nc1ccc(S(=O)(=O)Nc2ccccc2N)cc1. The molecular formula is C19H21N3O2S. The highest BCUT2D eigenvalue weighted by atomic mass is 32.2. The van der Waals surface area contributed by atoms with Gasteiger partial charge >= 0.3 is 0 Å². The fourth-order valence-corrected chi connectivity index (χ4v) is 3.06. The van der Waals surface area contributed by atoms with E-state index in [4.69, 9.17) is 11.5 Å². The third-order valence-electron chi connectivity index (χ3n) is 3.34. The van der Waals surface area contributed by atoms with Gasteiger partial charge in [0, 0.05) is 5.69 Å². The number of nitrogens with one attached hydrogen (secondary N) is 1. The maximum Gasteiger partial charge on any atom is 0.261 e. The molecule has 0 saturated carbocycles. The molecular weight excluding hydrogens is 334 g/mol. The largest absolute Gasteiger partial charge is 0.399 e. The molecule has 0 aliphatic carbocycles. The van der Waals surface area contributed by atoms with Crippen molar-refractivity contribution in [1.82, 2.24) is 0 Å². The van der Waals surface area contributed by atoms with Crippen LogP contribution in [0.25, 0.3) is 0 Å². The van der Waals surface area contributed by atoms with Gasteiger partial charge in [-0.25, -0.2) is 8.42 Å². The molecule has 0 aliphatic rings. The summed E-state index contributed by atoms with van der Waals surface area (Å²) in [5.41, 5.74) is 13.8. The zero-order chi connectivity index (χ0) is 18.3. The van der Waals surface area contributed by atoms with Gasteiger partial charge in [0.1, 0.15) is 0 Å². The van der Waals surface area contributed by atoms with Crippen LogP contribution in [0.5, 0.6) is 0 Å². The molecule has 3 aromatic carbocycles. The third kappa shape index (κ3) is 5.54. The molecule has 0 spiro atoms. The zero-order valence-corrected chi connectivity index (χ0v) is 14.7. The minimum atomic E-state index is -3.64. The van der Waals surface area contributed by atoms with Gasteiger partial charge in [0.2, 0.25) is 0 Å². The van der Waals surface area contributed by atoms with Gasteiger partial charge in [-0.2, -0.15) is 0 Å². The van der Waals surface area contributed by atoms with Gasteiger partial charge in [-0.1, -0.05) is 48.0 Å². The molecule has 0 amide bonds. The van der Waals surface area contributed by atoms with Crippen molar-refractivity contribution in [2.24, 2.45) is 0 Å². The van der Waals surface area contributed by atoms with Gasteiger partial charge in [-0.15, -0.1) is 0 Å². The van der Waals surface area contributed by atoms with E-state index in [-0.39, 0.29) is 4.90 Å². The number of anilines is 3. The number of rotatable bonds is 3. The van der Waals surface area contributed by atoms with Crippen LogP contribution in [0.1, 0.15) is 5.56 Å². The zero-order valence-electron chi connectivity index (χ0n) is 13.9. The summed E-state index contributed by atoms with van der Waals surface area (Å²) in [4.78, 5) is 0.139. The monoisotopic (exact) mass is 355 g/mol. The molecule has 25 heavy (non-hydrogen) atoms. The Morgan fingerprint density at radius 3 is 1.84 bits per heavy atom. The maximum absolute atomic E-state index is 12.1. The summed E-state index contributed by atoms with van der Waals surface area (Å²) >= 11 is 0. The number of hydrogen-bond donors (Lipinski definition) is 3. The first kappa shape index (κ1) is 18.4. The molecule has 0 fully saturated rings. The molecule has 3 rings (SSSR count). The van der Waals surface area contributed by atoms with Crippen LogP contribution in [0.2, 0.25) is 0 Å². The van der Waals surface area contributed by atoms with Gasteiger partial charge in [-0.3, -0.25) is 4.72 Å². The Labute approximate surface area is 148 Å². The van der Waals surface area contributed by atoms with Crippen molar-refractivity contribution in [3.8, 4) is 0 Å². The molecule has 5 nitrogen and oxygen atoms in total. The maximum atomic E-state index is 12.1. The van der Waals surface area contributed by atoms with Gasteiger partial charge in [0.15, 0.2) is 0 Å². The summed E-state index contributed by atoms with van der Waals surface area (Å²) in [6.45, 7) is 2.08. The van der Waals surface area contributed by atoms with Crippen molar-refractivity contribution in [3.63, 3.8) is 0 Å². The second-order valence-electron chi connectivity index (χ2n) is 5.42. The van der Waals surface area contributed by atoms with Crippen LogP contribution < -0.4 is 16.2 Å². The van der Waals surface area contributed by atoms with Crippen LogP contribution in [-0.4, -0.2) is 8.42 Å². The van der Waals surface area contributed by atoms with Gasteiger partial charge < -0.3 is 11.5 Å². The molecule has 5 N–H and O–H groups in total. The summed E-state index contributed by atoms with van der Waals surface area (Å²) in [7, 11) is -3.64. The molecule has 130 valence electrons. The number of nitrogen functional groups attached to an aromatic ring is 2. The summed E-state index contributed by atoms with van der Waals surface area (Å²) in [5, 5.41) is 0. The van der Waals surface area contributed by atoms with Gasteiger partial charge in [0.25, 0.3) is 10.0 Å². The summed E-state index contributed by atoms with van der Waals surface area (Å²) < 4.78 is 26.5. The Morgan fingerprint density at radius 1 is 0.760 bits per heavy atom. The van der Waals surface area contributed by atoms with Crippen LogP contribution >= 0.6 is 0 Å². The minimum absolute atomic E-state index is 0.139. The smallest absolute Gasteiger partial charge is 0.261 e. The van der Waals surface area contributed by atoms with E-state index in [1.54, 1.807) is 24.3 Å². The summed E-state index contributed by atoms with van der Waals surface area (Å²) in [5.74, 6) is 0. The van der Waals surface area contributed by atoms with E-state index in [2.05, 4.69) is 23.8 Å². The summed E-state index contributed by atoms with van der Waals surface area (Å²) in [6, 6.07) is 22.9. The number of nitrogens with two attached hydrogens (primary N) is 2. The van der Waals surface area contributed by atoms with E-state index in [0.717, 1.165) is 0 Å². The third-order valence-corrected chi connectivity index (χ3v) is 4.72. The van der Waals surface area contributed by atoms with Crippen molar-refractivity contribution in [2.75, 3.05) is 16.2 Å². The quantitative estimate of drug-likeness (QED) is 0.625. The molecule has 3 aromatic rings. The van der Waals surface area contributed by atoms with E-state index in [0.29, 0.717) is 17.1 Å². The van der Waals surface area contributed by atoms with Crippen LogP contribution in [0.4, 0.5) is 17.1 Å². The van der Waals surface area contributed by atoms with E-state index < -0.39 is 10.0 Å². The molecule has 6 heteroatoms. The highest BCUT2D eigenvalue weighted by Crippen LogP contribution is 2.21. The number of benzene rings is 3. The van der Waals surface area contributed by atoms with Crippen LogP contribution in [0.15, 0.2) is 83.8 Å². The minimum Gasteiger partial charge on any atom is -0.399 e. The Morgan fingerprint density at radius 2 is 1.32 bits per heavy atom. The second-order valence-corrected chi connectivity index (χ2v) is 7.10. The fourth-order valence-electron chi connectivity index (χ4n) is 1.97. The summed E-state index contributed by atoms with van der Waals surface area (Å²) in [6.07, 6.45) is 0. The molecule has 0 atom stereocenters. The Bertz CT molecular complexity index is 909. The molecule has 0 aromatic heterocycles. The predicted octanol–water partition coefficient (Wildman–Crippen LogP) is 3.65. The van der Waals surface area contributed by atoms with Crippen molar-refractivity contribution >= 4 is 27.1 Å². The lowest BCUT2D eigenvalue weighted by Gasteiger charge is -2.10. The molecule has 0 saturated heterocycles. The van der Waals surface area contributed by atoms with Crippen molar-refractivity contribution in [2.45, 2.75) is 11.8 Å². The molecule has 0 heterocycles. The number of aryl methyl sites for hydroxylation is 1. The topological polar surface area (TPSA) is 98.2 Å². The lowest BCUT2D eigenvalue weighted by atomic mass is 10.2. The van der Waals surface area contributed by atoms with Gasteiger partial charge in [0.05, 0.1) is 16.3 Å². The highest BCUT2D eigenvalue weighted by molar-refractivity contribution is 7.92. The van der Waals surface area contributed by atoms with Crippen molar-refractivity contribution in [1.29, 1.82) is 0 Å². The molecule has 0 unspecified atom stereocenters. The first-order valence-corrected chi connectivity index (χ1v) is 9.11. The van der Waals surface area contributed by atoms with Crippen molar-refractivity contribution < 1.29 is 8.42 Å². The van der Waals surface area contributed by atoms with E-state index in [1.807, 2.05) is 18.2 Å². The lowest BCUT2D eigenvalue weighted by molar-refractivity contribution is 0.601. The first-order chi connectivity index (χ1) is 11.9. The van der Waals surface area contributed by atoms with E-state index >= 15 is 0 Å². The van der Waals surface area contributed by atoms with Gasteiger partial charge in [-0.05, 0) is 43.3 Å². The lowest BCUT2D eigenvalue weighted by Crippen LogP contribution is -2.14. The van der Waals surface area contributed by atoms with Crippen LogP contribution in [0, 0.1) is 6.92 Å². The average molecular weight is 355 g/mol. The highest BCUT2D eigenvalue weighted by Gasteiger charge is 2.14. The Kier molecular flexibility index (Phi) is 6.03. The average Bonchev–Trinajstić information content (AvgIpc) is 2.58. The fraction of sp³-hybridized carbons (Fsp3) is 0.0526. The van der Waals surface area contributed by atoms with E-state index in [9.17, 15) is 8.42 Å². The van der Waals surface area contributed by atoms with Crippen LogP contribution in [0.3, 0.4) is 0 Å². The number of hydrogen-bond acceptors (Lipinski definition) is 4. The normalized spacial score (nSPS) is 10.4. The molecule has 0 aliphatic heterocycles. The number of para-hydroxylation sites is 2. The standard InChI is InChI=1S/C12H13N3O2S.C7H8/c13-9-5-7-10(8-6-9)18(16,17)15-12-4-2-1-3-11(12)14;1-7-5-3-2-4-6-7/h1-8,15H,13-14H2;2-6H,1H3. The van der Waals surface area contributed by atoms with E-state index in [1.165, 1.54) is 29.8 Å². The second kappa shape index (κ2) is 8.21. The van der Waals surface area contributed by atoms with Crippen LogP contribution in [-0.2, 0) is 10.0 Å².